The van der Waals surface area contributed by atoms with Gasteiger partial charge in [0.25, 0.3) is 0 Å². The van der Waals surface area contributed by atoms with Crippen molar-refractivity contribution in [1.82, 2.24) is 0 Å². The molecule has 4 fully saturated rings. The SMILES string of the molecule is C=C(C)C1CC2(N)CCC1C1CC12. The van der Waals surface area contributed by atoms with Crippen LogP contribution in [-0.2, 0) is 0 Å². The highest BCUT2D eigenvalue weighted by molar-refractivity contribution is 5.21. The zero-order valence-corrected chi connectivity index (χ0v) is 8.42. The van der Waals surface area contributed by atoms with Crippen molar-refractivity contribution >= 4 is 0 Å². The first-order valence-corrected chi connectivity index (χ1v) is 5.56. The van der Waals surface area contributed by atoms with Crippen LogP contribution in [0.1, 0.15) is 32.6 Å². The van der Waals surface area contributed by atoms with E-state index >= 15 is 0 Å². The average molecular weight is 177 g/mol. The standard InChI is InChI=1S/C12H19N/c1-7(2)10-6-12(13)4-3-8(10)9-5-11(9)12/h8-11H,1,3-6,13H2,2H3. The van der Waals surface area contributed by atoms with Crippen LogP contribution in [0.4, 0.5) is 0 Å². The smallest absolute Gasteiger partial charge is 0.0191 e. The fourth-order valence-electron chi connectivity index (χ4n) is 4.04. The van der Waals surface area contributed by atoms with E-state index in [1.165, 1.54) is 31.3 Å². The number of rotatable bonds is 1. The summed E-state index contributed by atoms with van der Waals surface area (Å²) in [7, 11) is 0. The largest absolute Gasteiger partial charge is 0.325 e. The Bertz CT molecular complexity index is 270. The van der Waals surface area contributed by atoms with Crippen molar-refractivity contribution in [2.75, 3.05) is 0 Å². The summed E-state index contributed by atoms with van der Waals surface area (Å²) in [6, 6.07) is 0. The summed E-state index contributed by atoms with van der Waals surface area (Å²) < 4.78 is 0. The van der Waals surface area contributed by atoms with Crippen LogP contribution in [0.25, 0.3) is 0 Å². The third kappa shape index (κ3) is 0.914. The molecule has 2 bridgehead atoms. The Morgan fingerprint density at radius 2 is 2.23 bits per heavy atom. The maximum atomic E-state index is 6.47. The van der Waals surface area contributed by atoms with E-state index in [1.54, 1.807) is 0 Å². The highest BCUT2D eigenvalue weighted by Crippen LogP contribution is 2.65. The lowest BCUT2D eigenvalue weighted by molar-refractivity contribution is 0.0806. The molecular weight excluding hydrogens is 158 g/mol. The molecule has 0 amide bonds. The Morgan fingerprint density at radius 1 is 1.46 bits per heavy atom. The summed E-state index contributed by atoms with van der Waals surface area (Å²) in [5, 5.41) is 0. The fourth-order valence-corrected chi connectivity index (χ4v) is 4.04. The van der Waals surface area contributed by atoms with Crippen LogP contribution in [0.5, 0.6) is 0 Å². The molecule has 0 spiro atoms. The van der Waals surface area contributed by atoms with Gasteiger partial charge in [0, 0.05) is 5.54 Å². The Kier molecular flexibility index (Phi) is 1.36. The molecule has 4 rings (SSSR count). The lowest BCUT2D eigenvalue weighted by Crippen LogP contribution is -2.53. The second kappa shape index (κ2) is 2.20. The highest BCUT2D eigenvalue weighted by atomic mass is 14.9. The maximum Gasteiger partial charge on any atom is 0.0191 e. The molecule has 1 nitrogen and oxygen atoms in total. The normalized spacial score (nSPS) is 57.4. The minimum atomic E-state index is 0.211. The highest BCUT2D eigenvalue weighted by Gasteiger charge is 2.63. The molecule has 4 saturated carbocycles. The lowest BCUT2D eigenvalue weighted by atomic mass is 9.59. The van der Waals surface area contributed by atoms with Gasteiger partial charge in [-0.15, -0.1) is 0 Å². The summed E-state index contributed by atoms with van der Waals surface area (Å²) >= 11 is 0. The molecule has 0 aromatic rings. The Balaban J connectivity index is 1.93. The molecule has 5 atom stereocenters. The van der Waals surface area contributed by atoms with Crippen molar-refractivity contribution < 1.29 is 0 Å². The van der Waals surface area contributed by atoms with E-state index in [0.29, 0.717) is 0 Å². The summed E-state index contributed by atoms with van der Waals surface area (Å²) in [5.74, 6) is 3.58. The van der Waals surface area contributed by atoms with E-state index in [4.69, 9.17) is 5.73 Å². The molecule has 0 aromatic carbocycles. The molecule has 0 radical (unpaired) electrons. The van der Waals surface area contributed by atoms with Crippen LogP contribution < -0.4 is 5.73 Å². The molecule has 13 heavy (non-hydrogen) atoms. The van der Waals surface area contributed by atoms with Crippen LogP contribution >= 0.6 is 0 Å². The van der Waals surface area contributed by atoms with Gasteiger partial charge in [0.1, 0.15) is 0 Å². The van der Waals surface area contributed by atoms with Crippen molar-refractivity contribution in [2.45, 2.75) is 38.1 Å². The lowest BCUT2D eigenvalue weighted by Gasteiger charge is -2.49. The van der Waals surface area contributed by atoms with Crippen LogP contribution in [-0.4, -0.2) is 5.54 Å². The van der Waals surface area contributed by atoms with Crippen molar-refractivity contribution in [3.05, 3.63) is 12.2 Å². The van der Waals surface area contributed by atoms with Gasteiger partial charge in [0.05, 0.1) is 0 Å². The van der Waals surface area contributed by atoms with Crippen LogP contribution in [0.2, 0.25) is 0 Å². The second-order valence-corrected chi connectivity index (χ2v) is 5.60. The molecular formula is C12H19N. The van der Waals surface area contributed by atoms with Gasteiger partial charge < -0.3 is 5.73 Å². The first-order valence-electron chi connectivity index (χ1n) is 5.56. The van der Waals surface area contributed by atoms with Gasteiger partial charge in [-0.25, -0.2) is 0 Å². The van der Waals surface area contributed by atoms with E-state index < -0.39 is 0 Å². The van der Waals surface area contributed by atoms with Gasteiger partial charge in [-0.1, -0.05) is 12.2 Å². The van der Waals surface area contributed by atoms with Gasteiger partial charge >= 0.3 is 0 Å². The van der Waals surface area contributed by atoms with Crippen LogP contribution in [0.3, 0.4) is 0 Å². The summed E-state index contributed by atoms with van der Waals surface area (Å²) in [6.07, 6.45) is 5.30. The topological polar surface area (TPSA) is 26.0 Å². The molecule has 4 aliphatic carbocycles. The number of hydrogen-bond acceptors (Lipinski definition) is 1. The predicted molar refractivity (Wildman–Crippen MR) is 54.2 cm³/mol. The van der Waals surface area contributed by atoms with Crippen molar-refractivity contribution in [2.24, 2.45) is 29.4 Å². The molecule has 0 saturated heterocycles. The van der Waals surface area contributed by atoms with Crippen molar-refractivity contribution in [1.29, 1.82) is 0 Å². The summed E-state index contributed by atoms with van der Waals surface area (Å²) in [5.41, 5.74) is 8.06. The van der Waals surface area contributed by atoms with Gasteiger partial charge in [0.15, 0.2) is 0 Å². The summed E-state index contributed by atoms with van der Waals surface area (Å²) in [4.78, 5) is 0. The zero-order chi connectivity index (χ0) is 9.22. The Morgan fingerprint density at radius 3 is 2.85 bits per heavy atom. The first-order chi connectivity index (χ1) is 6.12. The minimum Gasteiger partial charge on any atom is -0.325 e. The number of hydrogen-bond donors (Lipinski definition) is 1. The van der Waals surface area contributed by atoms with E-state index in [-0.39, 0.29) is 5.54 Å². The monoisotopic (exact) mass is 177 g/mol. The van der Waals surface area contributed by atoms with E-state index in [1.807, 2.05) is 0 Å². The Hall–Kier alpha value is -0.300. The molecule has 0 heterocycles. The second-order valence-electron chi connectivity index (χ2n) is 5.60. The van der Waals surface area contributed by atoms with Gasteiger partial charge in [-0.3, -0.25) is 0 Å². The third-order valence-electron chi connectivity index (χ3n) is 4.82. The van der Waals surface area contributed by atoms with Crippen LogP contribution in [0.15, 0.2) is 12.2 Å². The first kappa shape index (κ1) is 8.05. The molecule has 5 unspecified atom stereocenters. The molecule has 2 N–H and O–H groups in total. The minimum absolute atomic E-state index is 0.211. The summed E-state index contributed by atoms with van der Waals surface area (Å²) in [6.45, 7) is 6.31. The van der Waals surface area contributed by atoms with Crippen molar-refractivity contribution in [3.8, 4) is 0 Å². The predicted octanol–water partition coefficient (Wildman–Crippen LogP) is 2.33. The Labute approximate surface area is 80.4 Å². The quantitative estimate of drug-likeness (QED) is 0.611. The fraction of sp³-hybridized carbons (Fsp3) is 0.833. The molecule has 1 heteroatoms. The molecule has 0 aliphatic heterocycles. The average Bonchev–Trinajstić information content (AvgIpc) is 2.84. The van der Waals surface area contributed by atoms with E-state index in [9.17, 15) is 0 Å². The van der Waals surface area contributed by atoms with E-state index in [2.05, 4.69) is 13.5 Å². The number of allylic oxidation sites excluding steroid dienone is 1. The zero-order valence-electron chi connectivity index (χ0n) is 8.42. The number of nitrogens with two attached hydrogens (primary N) is 1. The molecule has 4 aliphatic rings. The molecule has 0 aromatic heterocycles. The van der Waals surface area contributed by atoms with Gasteiger partial charge in [-0.05, 0) is 56.3 Å². The van der Waals surface area contributed by atoms with Crippen LogP contribution in [0, 0.1) is 23.7 Å². The van der Waals surface area contributed by atoms with Gasteiger partial charge in [-0.2, -0.15) is 0 Å². The third-order valence-corrected chi connectivity index (χ3v) is 4.82. The number of fused-ring (bicyclic) bond motifs is 2. The van der Waals surface area contributed by atoms with Crippen molar-refractivity contribution in [3.63, 3.8) is 0 Å². The maximum absolute atomic E-state index is 6.47. The molecule has 72 valence electrons. The van der Waals surface area contributed by atoms with E-state index in [0.717, 1.165) is 23.7 Å². The van der Waals surface area contributed by atoms with Gasteiger partial charge in [0.2, 0.25) is 0 Å².